The fraction of sp³-hybridized carbons (Fsp3) is 0.300. The molecule has 0 saturated carbocycles. The van der Waals surface area contributed by atoms with E-state index in [-0.39, 0.29) is 17.6 Å². The van der Waals surface area contributed by atoms with Crippen LogP contribution in [0, 0.1) is 0 Å². The number of ketones is 1. The molecule has 2 rings (SSSR count). The minimum Gasteiger partial charge on any atom is -0.481 e. The molecule has 24 heavy (non-hydrogen) atoms. The molecule has 2 aromatic rings. The minimum atomic E-state index is -0.601. The van der Waals surface area contributed by atoms with Gasteiger partial charge in [0.15, 0.2) is 11.9 Å². The molecule has 0 saturated heterocycles. The van der Waals surface area contributed by atoms with Crippen molar-refractivity contribution >= 4 is 11.7 Å². The minimum absolute atomic E-state index is 0.00208. The molecule has 0 unspecified atom stereocenters. The average Bonchev–Trinajstić information content (AvgIpc) is 2.60. The van der Waals surface area contributed by atoms with Gasteiger partial charge in [-0.15, -0.1) is 0 Å². The molecule has 0 aliphatic rings. The molecule has 4 heteroatoms. The van der Waals surface area contributed by atoms with Crippen molar-refractivity contribution in [1.82, 2.24) is 5.32 Å². The number of carbonyl (C=O) groups excluding carboxylic acids is 2. The highest BCUT2D eigenvalue weighted by Crippen LogP contribution is 2.15. The van der Waals surface area contributed by atoms with Gasteiger partial charge in [0.05, 0.1) is 0 Å². The molecule has 0 aliphatic heterocycles. The normalized spacial score (nSPS) is 13.0. The Morgan fingerprint density at radius 2 is 1.62 bits per heavy atom. The number of benzene rings is 2. The van der Waals surface area contributed by atoms with Gasteiger partial charge >= 0.3 is 0 Å². The van der Waals surface area contributed by atoms with Gasteiger partial charge in [-0.2, -0.15) is 0 Å². The second kappa shape index (κ2) is 8.29. The van der Waals surface area contributed by atoms with Gasteiger partial charge < -0.3 is 10.1 Å². The Kier molecular flexibility index (Phi) is 6.13. The van der Waals surface area contributed by atoms with E-state index in [0.717, 1.165) is 0 Å². The number of rotatable bonds is 7. The van der Waals surface area contributed by atoms with Crippen LogP contribution >= 0.6 is 0 Å². The Hall–Kier alpha value is -2.62. The lowest BCUT2D eigenvalue weighted by Crippen LogP contribution is -2.38. The molecule has 0 aromatic heterocycles. The van der Waals surface area contributed by atoms with Crippen molar-refractivity contribution in [3.05, 3.63) is 65.7 Å². The number of hydrogen-bond donors (Lipinski definition) is 1. The van der Waals surface area contributed by atoms with Crippen molar-refractivity contribution in [3.8, 4) is 5.75 Å². The second-order valence-corrected chi connectivity index (χ2v) is 5.90. The van der Waals surface area contributed by atoms with Crippen LogP contribution in [0.25, 0.3) is 0 Å². The van der Waals surface area contributed by atoms with E-state index in [1.807, 2.05) is 30.3 Å². The second-order valence-electron chi connectivity index (χ2n) is 5.90. The molecule has 0 radical (unpaired) electrons. The summed E-state index contributed by atoms with van der Waals surface area (Å²) < 4.78 is 5.63. The molecule has 126 valence electrons. The predicted octanol–water partition coefficient (Wildman–Crippen LogP) is 3.58. The Morgan fingerprint density at radius 3 is 2.21 bits per heavy atom. The highest BCUT2D eigenvalue weighted by Gasteiger charge is 2.16. The molecule has 2 aromatic carbocycles. The lowest BCUT2D eigenvalue weighted by molar-refractivity contribution is -0.127. The molecule has 1 amide bonds. The standard InChI is InChI=1S/C20H23NO3/c1-14(17-7-5-4-6-8-17)13-21-20(23)16(3)24-19-11-9-18(10-12-19)15(2)22/h4-12,14,16H,13H2,1-3H3,(H,21,23)/t14-,16+/m0/s1. The highest BCUT2D eigenvalue weighted by molar-refractivity contribution is 5.94. The van der Waals surface area contributed by atoms with Gasteiger partial charge in [0.1, 0.15) is 5.75 Å². The fourth-order valence-electron chi connectivity index (χ4n) is 2.32. The summed E-state index contributed by atoms with van der Waals surface area (Å²) in [5, 5.41) is 2.91. The van der Waals surface area contributed by atoms with Gasteiger partial charge in [0.2, 0.25) is 0 Å². The summed E-state index contributed by atoms with van der Waals surface area (Å²) >= 11 is 0. The van der Waals surface area contributed by atoms with E-state index in [0.29, 0.717) is 17.9 Å². The Labute approximate surface area is 142 Å². The number of hydrogen-bond acceptors (Lipinski definition) is 3. The zero-order valence-electron chi connectivity index (χ0n) is 14.3. The van der Waals surface area contributed by atoms with Crippen molar-refractivity contribution in [1.29, 1.82) is 0 Å². The average molecular weight is 325 g/mol. The number of amides is 1. The van der Waals surface area contributed by atoms with Gasteiger partial charge in [-0.1, -0.05) is 37.3 Å². The molecule has 4 nitrogen and oxygen atoms in total. The van der Waals surface area contributed by atoms with Crippen LogP contribution in [0.3, 0.4) is 0 Å². The molecule has 0 bridgehead atoms. The quantitative estimate of drug-likeness (QED) is 0.792. The third kappa shape index (κ3) is 4.95. The van der Waals surface area contributed by atoms with Gasteiger partial charge in [0.25, 0.3) is 5.91 Å². The summed E-state index contributed by atoms with van der Waals surface area (Å²) in [6, 6.07) is 16.8. The lowest BCUT2D eigenvalue weighted by Gasteiger charge is -2.17. The van der Waals surface area contributed by atoms with E-state index < -0.39 is 6.10 Å². The van der Waals surface area contributed by atoms with Crippen molar-refractivity contribution in [2.75, 3.05) is 6.54 Å². The van der Waals surface area contributed by atoms with E-state index in [2.05, 4.69) is 12.2 Å². The number of ether oxygens (including phenoxy) is 1. The maximum atomic E-state index is 12.2. The molecule has 2 atom stereocenters. The first kappa shape index (κ1) is 17.7. The van der Waals surface area contributed by atoms with Gasteiger partial charge in [-0.25, -0.2) is 0 Å². The molecule has 0 heterocycles. The van der Waals surface area contributed by atoms with Crippen LogP contribution in [-0.2, 0) is 4.79 Å². The Bertz CT molecular complexity index is 680. The third-order valence-electron chi connectivity index (χ3n) is 3.89. The maximum absolute atomic E-state index is 12.2. The molecule has 0 fully saturated rings. The largest absolute Gasteiger partial charge is 0.481 e. The fourth-order valence-corrected chi connectivity index (χ4v) is 2.32. The van der Waals surface area contributed by atoms with Crippen molar-refractivity contribution in [2.24, 2.45) is 0 Å². The van der Waals surface area contributed by atoms with Gasteiger partial charge in [-0.05, 0) is 49.6 Å². The number of nitrogens with one attached hydrogen (secondary N) is 1. The van der Waals surface area contributed by atoms with Crippen LogP contribution in [0.5, 0.6) is 5.75 Å². The van der Waals surface area contributed by atoms with E-state index in [1.54, 1.807) is 31.2 Å². The molecular formula is C20H23NO3. The Morgan fingerprint density at radius 1 is 1.00 bits per heavy atom. The van der Waals surface area contributed by atoms with Crippen LogP contribution in [0.15, 0.2) is 54.6 Å². The van der Waals surface area contributed by atoms with Crippen LogP contribution in [-0.4, -0.2) is 24.3 Å². The summed E-state index contributed by atoms with van der Waals surface area (Å²) in [4.78, 5) is 23.4. The van der Waals surface area contributed by atoms with Crippen LogP contribution in [0.4, 0.5) is 0 Å². The molecule has 0 spiro atoms. The van der Waals surface area contributed by atoms with Crippen LogP contribution < -0.4 is 10.1 Å². The first-order valence-corrected chi connectivity index (χ1v) is 8.07. The summed E-state index contributed by atoms with van der Waals surface area (Å²) in [5.41, 5.74) is 1.81. The first-order chi connectivity index (χ1) is 11.5. The van der Waals surface area contributed by atoms with Crippen molar-refractivity contribution < 1.29 is 14.3 Å². The van der Waals surface area contributed by atoms with Crippen molar-refractivity contribution in [2.45, 2.75) is 32.8 Å². The Balaban J connectivity index is 1.84. The summed E-state index contributed by atoms with van der Waals surface area (Å²) in [7, 11) is 0. The number of carbonyl (C=O) groups is 2. The highest BCUT2D eigenvalue weighted by atomic mass is 16.5. The molecule has 1 N–H and O–H groups in total. The summed E-state index contributed by atoms with van der Waals surface area (Å²) in [6.07, 6.45) is -0.601. The van der Waals surface area contributed by atoms with Gasteiger partial charge in [0, 0.05) is 12.1 Å². The monoisotopic (exact) mass is 325 g/mol. The van der Waals surface area contributed by atoms with Crippen molar-refractivity contribution in [3.63, 3.8) is 0 Å². The smallest absolute Gasteiger partial charge is 0.260 e. The summed E-state index contributed by atoms with van der Waals surface area (Å²) in [6.45, 7) is 5.85. The topological polar surface area (TPSA) is 55.4 Å². The van der Waals surface area contributed by atoms with E-state index in [4.69, 9.17) is 4.74 Å². The predicted molar refractivity (Wildman–Crippen MR) is 94.4 cm³/mol. The lowest BCUT2D eigenvalue weighted by atomic mass is 10.0. The van der Waals surface area contributed by atoms with E-state index >= 15 is 0 Å². The van der Waals surface area contributed by atoms with E-state index in [9.17, 15) is 9.59 Å². The SMILES string of the molecule is CC(=O)c1ccc(O[C@H](C)C(=O)NC[C@H](C)c2ccccc2)cc1. The maximum Gasteiger partial charge on any atom is 0.260 e. The number of Topliss-reactive ketones (excluding diaryl/α,β-unsaturated/α-hetero) is 1. The molecular weight excluding hydrogens is 302 g/mol. The van der Waals surface area contributed by atoms with Crippen LogP contribution in [0.2, 0.25) is 0 Å². The van der Waals surface area contributed by atoms with E-state index in [1.165, 1.54) is 12.5 Å². The van der Waals surface area contributed by atoms with Crippen LogP contribution in [0.1, 0.15) is 42.6 Å². The first-order valence-electron chi connectivity index (χ1n) is 8.07. The summed E-state index contributed by atoms with van der Waals surface area (Å²) in [5.74, 6) is 0.645. The third-order valence-corrected chi connectivity index (χ3v) is 3.89. The zero-order chi connectivity index (χ0) is 17.5. The zero-order valence-corrected chi connectivity index (χ0v) is 14.3. The molecule has 0 aliphatic carbocycles. The van der Waals surface area contributed by atoms with Gasteiger partial charge in [-0.3, -0.25) is 9.59 Å².